The Bertz CT molecular complexity index is 234. The van der Waals surface area contributed by atoms with Gasteiger partial charge in [-0.05, 0) is 12.8 Å². The predicted octanol–water partition coefficient (Wildman–Crippen LogP) is 0.727. The van der Waals surface area contributed by atoms with E-state index < -0.39 is 0 Å². The molecule has 0 saturated heterocycles. The normalized spacial score (nSPS) is 14.6. The van der Waals surface area contributed by atoms with Crippen LogP contribution in [0.15, 0.2) is 0 Å². The van der Waals surface area contributed by atoms with E-state index in [0.717, 1.165) is 0 Å². The highest BCUT2D eigenvalue weighted by Crippen LogP contribution is 2.15. The lowest BCUT2D eigenvalue weighted by Crippen LogP contribution is -2.48. The van der Waals surface area contributed by atoms with Gasteiger partial charge in [-0.3, -0.25) is 4.79 Å². The summed E-state index contributed by atoms with van der Waals surface area (Å²) in [4.78, 5) is 14.3. The van der Waals surface area contributed by atoms with Gasteiger partial charge >= 0.3 is 0 Å². The summed E-state index contributed by atoms with van der Waals surface area (Å²) in [7, 11) is 3.27. The molecule has 1 amide bonds. The third kappa shape index (κ3) is 5.33. The van der Waals surface area contributed by atoms with Crippen LogP contribution >= 0.6 is 0 Å². The lowest BCUT2D eigenvalue weighted by molar-refractivity contribution is -0.140. The van der Waals surface area contributed by atoms with Crippen molar-refractivity contribution in [1.82, 2.24) is 4.90 Å². The summed E-state index contributed by atoms with van der Waals surface area (Å²) in [5, 5.41) is 0. The minimum atomic E-state index is -0.138. The third-order valence-electron chi connectivity index (χ3n) is 3.14. The van der Waals surface area contributed by atoms with Gasteiger partial charge in [0.2, 0.25) is 5.91 Å². The van der Waals surface area contributed by atoms with Gasteiger partial charge in [0, 0.05) is 27.3 Å². The van der Waals surface area contributed by atoms with Crippen molar-refractivity contribution >= 4 is 5.91 Å². The Balaban J connectivity index is 4.75. The second-order valence-corrected chi connectivity index (χ2v) is 4.92. The predicted molar refractivity (Wildman–Crippen MR) is 72.3 cm³/mol. The van der Waals surface area contributed by atoms with Crippen molar-refractivity contribution in [1.29, 1.82) is 0 Å². The Hall–Kier alpha value is -0.650. The fourth-order valence-electron chi connectivity index (χ4n) is 1.94. The number of carbonyl (C=O) groups is 1. The molecule has 5 heteroatoms. The number of ether oxygens (including phenoxy) is 2. The minimum Gasteiger partial charge on any atom is -0.383 e. The Labute approximate surface area is 111 Å². The first-order valence-corrected chi connectivity index (χ1v) is 6.47. The Morgan fingerprint density at radius 1 is 1.22 bits per heavy atom. The van der Waals surface area contributed by atoms with E-state index in [2.05, 4.69) is 0 Å². The van der Waals surface area contributed by atoms with Crippen LogP contribution in [0.3, 0.4) is 0 Å². The molecule has 2 atom stereocenters. The van der Waals surface area contributed by atoms with Crippen molar-refractivity contribution in [2.45, 2.75) is 26.8 Å². The molecule has 0 aromatic rings. The highest BCUT2D eigenvalue weighted by Gasteiger charge is 2.28. The van der Waals surface area contributed by atoms with Crippen LogP contribution in [-0.4, -0.2) is 57.4 Å². The molecule has 2 unspecified atom stereocenters. The Kier molecular flexibility index (Phi) is 8.97. The first-order chi connectivity index (χ1) is 8.49. The molecule has 0 aromatic carbocycles. The first-order valence-electron chi connectivity index (χ1n) is 6.47. The molecule has 2 N–H and O–H groups in total. The molecule has 0 heterocycles. The molecule has 0 spiro atoms. The zero-order valence-electron chi connectivity index (χ0n) is 12.3. The number of hydrogen-bond acceptors (Lipinski definition) is 4. The minimum absolute atomic E-state index is 0.0328. The topological polar surface area (TPSA) is 64.8 Å². The third-order valence-corrected chi connectivity index (χ3v) is 3.14. The van der Waals surface area contributed by atoms with Crippen LogP contribution in [0.5, 0.6) is 0 Å². The molecule has 0 radical (unpaired) electrons. The van der Waals surface area contributed by atoms with Crippen LogP contribution < -0.4 is 5.73 Å². The van der Waals surface area contributed by atoms with E-state index in [1.165, 1.54) is 0 Å². The van der Waals surface area contributed by atoms with Gasteiger partial charge in [-0.15, -0.1) is 0 Å². The monoisotopic (exact) mass is 260 g/mol. The molecule has 0 aromatic heterocycles. The molecule has 5 nitrogen and oxygen atoms in total. The van der Waals surface area contributed by atoms with Gasteiger partial charge in [0.15, 0.2) is 0 Å². The Morgan fingerprint density at radius 2 is 1.83 bits per heavy atom. The molecule has 0 rings (SSSR count). The average molecular weight is 260 g/mol. The van der Waals surface area contributed by atoms with E-state index in [1.807, 2.05) is 25.7 Å². The van der Waals surface area contributed by atoms with Gasteiger partial charge in [0.1, 0.15) is 0 Å². The maximum atomic E-state index is 12.5. The summed E-state index contributed by atoms with van der Waals surface area (Å²) < 4.78 is 10.2. The molecule has 108 valence electrons. The van der Waals surface area contributed by atoms with Crippen LogP contribution in [0.4, 0.5) is 0 Å². The summed E-state index contributed by atoms with van der Waals surface area (Å²) in [5.74, 6) is 0.192. The summed E-state index contributed by atoms with van der Waals surface area (Å²) in [6.07, 6.45) is 0. The number of hydrogen-bond donors (Lipinski definition) is 1. The molecule has 0 bridgehead atoms. The summed E-state index contributed by atoms with van der Waals surface area (Å²) in [6, 6.07) is 0.0328. The average Bonchev–Trinajstić information content (AvgIpc) is 2.30. The standard InChI is InChI=1S/C13H28N2O3/c1-10(2)12(8-14)13(16)15(6-7-17-4)11(3)9-18-5/h10-12H,6-9,14H2,1-5H3. The second kappa shape index (κ2) is 9.30. The lowest BCUT2D eigenvalue weighted by atomic mass is 9.94. The fourth-order valence-corrected chi connectivity index (χ4v) is 1.94. The second-order valence-electron chi connectivity index (χ2n) is 4.92. The zero-order chi connectivity index (χ0) is 14.1. The number of nitrogens with zero attached hydrogens (tertiary/aromatic N) is 1. The molecule has 0 fully saturated rings. The SMILES string of the molecule is COCCN(C(=O)C(CN)C(C)C)C(C)COC. The van der Waals surface area contributed by atoms with Crippen LogP contribution in [0.25, 0.3) is 0 Å². The zero-order valence-corrected chi connectivity index (χ0v) is 12.3. The van der Waals surface area contributed by atoms with Gasteiger partial charge in [-0.1, -0.05) is 13.8 Å². The van der Waals surface area contributed by atoms with E-state index in [-0.39, 0.29) is 23.8 Å². The summed E-state index contributed by atoms with van der Waals surface area (Å²) in [6.45, 7) is 8.00. The van der Waals surface area contributed by atoms with Crippen molar-refractivity contribution in [3.8, 4) is 0 Å². The molecular formula is C13H28N2O3. The van der Waals surface area contributed by atoms with E-state index in [0.29, 0.717) is 26.3 Å². The molecule has 0 aliphatic heterocycles. The molecule has 0 saturated carbocycles. The first kappa shape index (κ1) is 17.4. The van der Waals surface area contributed by atoms with Crippen LogP contribution in [0.2, 0.25) is 0 Å². The highest BCUT2D eigenvalue weighted by atomic mass is 16.5. The largest absolute Gasteiger partial charge is 0.383 e. The van der Waals surface area contributed by atoms with Crippen molar-refractivity contribution in [2.75, 3.05) is 40.5 Å². The number of carbonyl (C=O) groups excluding carboxylic acids is 1. The summed E-state index contributed by atoms with van der Waals surface area (Å²) >= 11 is 0. The van der Waals surface area contributed by atoms with E-state index in [4.69, 9.17) is 15.2 Å². The highest BCUT2D eigenvalue weighted by molar-refractivity contribution is 5.79. The number of rotatable bonds is 9. The molecule has 0 aliphatic rings. The van der Waals surface area contributed by atoms with Crippen LogP contribution in [0, 0.1) is 11.8 Å². The van der Waals surface area contributed by atoms with Crippen molar-refractivity contribution in [3.63, 3.8) is 0 Å². The van der Waals surface area contributed by atoms with Gasteiger partial charge < -0.3 is 20.1 Å². The van der Waals surface area contributed by atoms with E-state index >= 15 is 0 Å². The van der Waals surface area contributed by atoms with E-state index in [1.54, 1.807) is 14.2 Å². The smallest absolute Gasteiger partial charge is 0.227 e. The Morgan fingerprint density at radius 3 is 2.22 bits per heavy atom. The maximum Gasteiger partial charge on any atom is 0.227 e. The van der Waals surface area contributed by atoms with Gasteiger partial charge in [0.05, 0.1) is 25.2 Å². The van der Waals surface area contributed by atoms with Crippen molar-refractivity contribution in [3.05, 3.63) is 0 Å². The van der Waals surface area contributed by atoms with Gasteiger partial charge in [-0.25, -0.2) is 0 Å². The van der Waals surface area contributed by atoms with E-state index in [9.17, 15) is 4.79 Å². The summed E-state index contributed by atoms with van der Waals surface area (Å²) in [5.41, 5.74) is 5.71. The van der Waals surface area contributed by atoms with Crippen molar-refractivity contribution < 1.29 is 14.3 Å². The van der Waals surface area contributed by atoms with Gasteiger partial charge in [-0.2, -0.15) is 0 Å². The maximum absolute atomic E-state index is 12.5. The van der Waals surface area contributed by atoms with Gasteiger partial charge in [0.25, 0.3) is 0 Å². The number of methoxy groups -OCH3 is 2. The number of nitrogens with two attached hydrogens (primary N) is 1. The van der Waals surface area contributed by atoms with Crippen LogP contribution in [-0.2, 0) is 14.3 Å². The number of amides is 1. The quantitative estimate of drug-likeness (QED) is 0.663. The lowest BCUT2D eigenvalue weighted by Gasteiger charge is -2.33. The molecule has 18 heavy (non-hydrogen) atoms. The molecular weight excluding hydrogens is 232 g/mol. The van der Waals surface area contributed by atoms with Crippen LogP contribution in [0.1, 0.15) is 20.8 Å². The fraction of sp³-hybridized carbons (Fsp3) is 0.923. The van der Waals surface area contributed by atoms with Crippen molar-refractivity contribution in [2.24, 2.45) is 17.6 Å². The molecule has 0 aliphatic carbocycles.